The molecule has 2 amide bonds. The second-order valence-corrected chi connectivity index (χ2v) is 8.76. The maximum Gasteiger partial charge on any atom is 0.266 e. The van der Waals surface area contributed by atoms with Crippen LogP contribution in [0.15, 0.2) is 54.5 Å². The van der Waals surface area contributed by atoms with Gasteiger partial charge in [0.15, 0.2) is 0 Å². The molecule has 2 heterocycles. The summed E-state index contributed by atoms with van der Waals surface area (Å²) in [6.45, 7) is 4.01. The number of benzene rings is 1. The van der Waals surface area contributed by atoms with Crippen molar-refractivity contribution in [1.82, 2.24) is 14.8 Å². The Morgan fingerprint density at radius 1 is 1.21 bits per heavy atom. The standard InChI is InChI=1S/C26H28FN5O2/c1-15-12-13-29-16(2)23(15)17-6-10-20(11-7-17)30-26(34)24(18-4-8-19(27)9-5-18)21-14-22(25(28)33)32(3)31-21/h6-8,10-14,18,24H,4-5,9H2,1-3H3,(H2,28,33)(H,30,34). The van der Waals surface area contributed by atoms with Crippen molar-refractivity contribution in [2.24, 2.45) is 18.7 Å². The third-order valence-corrected chi connectivity index (χ3v) is 6.41. The number of nitrogens with two attached hydrogens (primary N) is 1. The van der Waals surface area contributed by atoms with E-state index in [1.165, 1.54) is 10.8 Å². The molecule has 0 radical (unpaired) electrons. The van der Waals surface area contributed by atoms with Crippen molar-refractivity contribution in [3.05, 3.63) is 77.1 Å². The van der Waals surface area contributed by atoms with Crippen LogP contribution in [-0.4, -0.2) is 26.6 Å². The topological polar surface area (TPSA) is 103 Å². The Morgan fingerprint density at radius 3 is 2.53 bits per heavy atom. The van der Waals surface area contributed by atoms with Gasteiger partial charge in [-0.05, 0) is 74.4 Å². The fourth-order valence-corrected chi connectivity index (χ4v) is 4.66. The van der Waals surface area contributed by atoms with E-state index in [1.807, 2.05) is 44.2 Å². The maximum absolute atomic E-state index is 13.7. The molecular weight excluding hydrogens is 433 g/mol. The molecule has 0 spiro atoms. The van der Waals surface area contributed by atoms with E-state index >= 15 is 0 Å². The highest BCUT2D eigenvalue weighted by Gasteiger charge is 2.34. The van der Waals surface area contributed by atoms with Crippen LogP contribution in [0.5, 0.6) is 0 Å². The average molecular weight is 462 g/mol. The Balaban J connectivity index is 1.61. The van der Waals surface area contributed by atoms with E-state index in [2.05, 4.69) is 15.4 Å². The van der Waals surface area contributed by atoms with Gasteiger partial charge in [0.1, 0.15) is 5.69 Å². The van der Waals surface area contributed by atoms with Crippen molar-refractivity contribution in [2.75, 3.05) is 5.32 Å². The monoisotopic (exact) mass is 461 g/mol. The van der Waals surface area contributed by atoms with E-state index in [0.29, 0.717) is 24.2 Å². The van der Waals surface area contributed by atoms with Crippen LogP contribution < -0.4 is 11.1 Å². The van der Waals surface area contributed by atoms with Gasteiger partial charge < -0.3 is 11.1 Å². The summed E-state index contributed by atoms with van der Waals surface area (Å²) < 4.78 is 15.0. The summed E-state index contributed by atoms with van der Waals surface area (Å²) in [5, 5.41) is 7.38. The fourth-order valence-electron chi connectivity index (χ4n) is 4.66. The minimum Gasteiger partial charge on any atom is -0.364 e. The van der Waals surface area contributed by atoms with Gasteiger partial charge in [-0.15, -0.1) is 0 Å². The lowest BCUT2D eigenvalue weighted by Gasteiger charge is -2.26. The van der Waals surface area contributed by atoms with Crippen molar-refractivity contribution in [1.29, 1.82) is 0 Å². The normalized spacial score (nSPS) is 16.6. The number of pyridine rings is 1. The van der Waals surface area contributed by atoms with Gasteiger partial charge in [-0.2, -0.15) is 5.10 Å². The van der Waals surface area contributed by atoms with Crippen LogP contribution in [0.2, 0.25) is 0 Å². The quantitative estimate of drug-likeness (QED) is 0.561. The van der Waals surface area contributed by atoms with E-state index in [-0.39, 0.29) is 29.8 Å². The van der Waals surface area contributed by atoms with E-state index in [1.54, 1.807) is 19.3 Å². The molecule has 2 unspecified atom stereocenters. The molecule has 3 aromatic rings. The van der Waals surface area contributed by atoms with Crippen LogP contribution in [0.1, 0.15) is 52.6 Å². The van der Waals surface area contributed by atoms with Gasteiger partial charge in [-0.3, -0.25) is 19.3 Å². The van der Waals surface area contributed by atoms with Crippen LogP contribution >= 0.6 is 0 Å². The molecule has 0 saturated carbocycles. The van der Waals surface area contributed by atoms with E-state index < -0.39 is 11.8 Å². The number of hydrogen-bond donors (Lipinski definition) is 2. The summed E-state index contributed by atoms with van der Waals surface area (Å²) in [5.41, 5.74) is 10.9. The van der Waals surface area contributed by atoms with Crippen LogP contribution in [0.25, 0.3) is 11.1 Å². The lowest BCUT2D eigenvalue weighted by molar-refractivity contribution is -0.119. The fraction of sp³-hybridized carbons (Fsp3) is 0.308. The third kappa shape index (κ3) is 4.76. The molecule has 4 rings (SSSR count). The largest absolute Gasteiger partial charge is 0.364 e. The van der Waals surface area contributed by atoms with Crippen molar-refractivity contribution in [3.8, 4) is 11.1 Å². The van der Waals surface area contributed by atoms with Gasteiger partial charge >= 0.3 is 0 Å². The highest BCUT2D eigenvalue weighted by molar-refractivity contribution is 5.97. The Hall–Kier alpha value is -3.81. The number of allylic oxidation sites excluding steroid dienone is 2. The van der Waals surface area contributed by atoms with Gasteiger partial charge in [0, 0.05) is 30.2 Å². The summed E-state index contributed by atoms with van der Waals surface area (Å²) in [6, 6.07) is 11.1. The molecular formula is C26H28FN5O2. The SMILES string of the molecule is Cc1ccnc(C)c1-c1ccc(NC(=O)C(c2cc(C(N)=O)n(C)n2)C2CC=C(F)CC2)cc1. The first-order valence-electron chi connectivity index (χ1n) is 11.3. The van der Waals surface area contributed by atoms with Gasteiger partial charge in [0.25, 0.3) is 5.91 Å². The van der Waals surface area contributed by atoms with Crippen LogP contribution in [0.4, 0.5) is 10.1 Å². The number of halogens is 1. The number of nitrogens with zero attached hydrogens (tertiary/aromatic N) is 3. The number of rotatable bonds is 6. The van der Waals surface area contributed by atoms with E-state index in [4.69, 9.17) is 5.73 Å². The lowest BCUT2D eigenvalue weighted by atomic mass is 9.80. The molecule has 1 aromatic carbocycles. The highest BCUT2D eigenvalue weighted by atomic mass is 19.1. The second-order valence-electron chi connectivity index (χ2n) is 8.76. The first kappa shape index (κ1) is 23.4. The number of primary amides is 1. The second kappa shape index (κ2) is 9.59. The first-order chi connectivity index (χ1) is 16.2. The maximum atomic E-state index is 13.7. The van der Waals surface area contributed by atoms with E-state index in [9.17, 15) is 14.0 Å². The van der Waals surface area contributed by atoms with Crippen LogP contribution in [-0.2, 0) is 11.8 Å². The van der Waals surface area contributed by atoms with Gasteiger partial charge in [0.05, 0.1) is 17.4 Å². The molecule has 0 aliphatic heterocycles. The van der Waals surface area contributed by atoms with Crippen molar-refractivity contribution in [3.63, 3.8) is 0 Å². The molecule has 3 N–H and O–H groups in total. The molecule has 34 heavy (non-hydrogen) atoms. The Bertz CT molecular complexity index is 1240. The van der Waals surface area contributed by atoms with E-state index in [0.717, 1.165) is 22.4 Å². The first-order valence-corrected chi connectivity index (χ1v) is 11.3. The van der Waals surface area contributed by atoms with Crippen molar-refractivity contribution >= 4 is 17.5 Å². The number of aryl methyl sites for hydroxylation is 3. The molecule has 0 bridgehead atoms. The number of anilines is 1. The summed E-state index contributed by atoms with van der Waals surface area (Å²) >= 11 is 0. The van der Waals surface area contributed by atoms with Gasteiger partial charge in [-0.25, -0.2) is 4.39 Å². The van der Waals surface area contributed by atoms with Crippen LogP contribution in [0, 0.1) is 19.8 Å². The molecule has 0 fully saturated rings. The smallest absolute Gasteiger partial charge is 0.266 e. The molecule has 1 aliphatic rings. The molecule has 7 nitrogen and oxygen atoms in total. The zero-order valence-electron chi connectivity index (χ0n) is 19.5. The number of carbonyl (C=O) groups excluding carboxylic acids is 2. The zero-order valence-corrected chi connectivity index (χ0v) is 19.5. The zero-order chi connectivity index (χ0) is 24.4. The minimum absolute atomic E-state index is 0.143. The number of amides is 2. The number of aromatic nitrogens is 3. The average Bonchev–Trinajstić information content (AvgIpc) is 3.17. The van der Waals surface area contributed by atoms with Crippen molar-refractivity contribution in [2.45, 2.75) is 39.0 Å². The Labute approximate surface area is 197 Å². The molecule has 2 atom stereocenters. The summed E-state index contributed by atoms with van der Waals surface area (Å²) in [6.07, 6.45) is 4.53. The minimum atomic E-state index is -0.647. The molecule has 1 aliphatic carbocycles. The molecule has 0 saturated heterocycles. The van der Waals surface area contributed by atoms with Crippen molar-refractivity contribution < 1.29 is 14.0 Å². The summed E-state index contributed by atoms with van der Waals surface area (Å²) in [4.78, 5) is 29.6. The summed E-state index contributed by atoms with van der Waals surface area (Å²) in [7, 11) is 1.61. The van der Waals surface area contributed by atoms with Gasteiger partial charge in [-0.1, -0.05) is 18.2 Å². The molecule has 176 valence electrons. The van der Waals surface area contributed by atoms with Crippen LogP contribution in [0.3, 0.4) is 0 Å². The highest BCUT2D eigenvalue weighted by Crippen LogP contribution is 2.37. The number of hydrogen-bond acceptors (Lipinski definition) is 4. The number of nitrogens with one attached hydrogen (secondary N) is 1. The molecule has 2 aromatic heterocycles. The number of carbonyl (C=O) groups is 2. The predicted molar refractivity (Wildman–Crippen MR) is 129 cm³/mol. The summed E-state index contributed by atoms with van der Waals surface area (Å²) in [5.74, 6) is -1.82. The lowest BCUT2D eigenvalue weighted by Crippen LogP contribution is -2.29. The predicted octanol–water partition coefficient (Wildman–Crippen LogP) is 4.57. The Morgan fingerprint density at radius 2 is 1.94 bits per heavy atom. The third-order valence-electron chi connectivity index (χ3n) is 6.41. The Kier molecular flexibility index (Phi) is 6.58. The molecule has 8 heteroatoms. The van der Waals surface area contributed by atoms with Gasteiger partial charge in [0.2, 0.25) is 5.91 Å².